The van der Waals surface area contributed by atoms with Crippen LogP contribution in [-0.4, -0.2) is 46.4 Å². The first-order chi connectivity index (χ1) is 13.7. The van der Waals surface area contributed by atoms with Gasteiger partial charge in [-0.1, -0.05) is 24.8 Å². The van der Waals surface area contributed by atoms with Gasteiger partial charge in [0, 0.05) is 34.9 Å². The SMILES string of the molecule is CC[C@@H]1CSC2=N[C@H](c3ccccn3)[C@H](c3cc(C)n(-n4cnnc4)c3C)N21. The minimum atomic E-state index is 0.00733. The molecule has 28 heavy (non-hydrogen) atoms. The number of aryl methyl sites for hydroxylation is 1. The number of fused-ring (bicyclic) bond motifs is 1. The molecule has 5 rings (SSSR count). The van der Waals surface area contributed by atoms with E-state index in [1.54, 1.807) is 12.7 Å². The molecule has 144 valence electrons. The highest BCUT2D eigenvalue weighted by molar-refractivity contribution is 8.14. The molecule has 0 amide bonds. The van der Waals surface area contributed by atoms with E-state index < -0.39 is 0 Å². The lowest BCUT2D eigenvalue weighted by Crippen LogP contribution is -2.35. The monoisotopic (exact) mass is 393 g/mol. The van der Waals surface area contributed by atoms with Crippen LogP contribution in [0.4, 0.5) is 0 Å². The van der Waals surface area contributed by atoms with Gasteiger partial charge >= 0.3 is 0 Å². The summed E-state index contributed by atoms with van der Waals surface area (Å²) in [6.45, 7) is 6.55. The maximum Gasteiger partial charge on any atom is 0.160 e. The summed E-state index contributed by atoms with van der Waals surface area (Å²) in [5, 5.41) is 9.10. The molecular weight excluding hydrogens is 370 g/mol. The highest BCUT2D eigenvalue weighted by atomic mass is 32.2. The number of aliphatic imine (C=N–C) groups is 1. The van der Waals surface area contributed by atoms with Crippen LogP contribution in [0.2, 0.25) is 0 Å². The fourth-order valence-corrected chi connectivity index (χ4v) is 5.76. The van der Waals surface area contributed by atoms with E-state index in [-0.39, 0.29) is 12.1 Å². The molecule has 8 heteroatoms. The minimum absolute atomic E-state index is 0.00733. The summed E-state index contributed by atoms with van der Waals surface area (Å²) in [6, 6.07) is 9.05. The van der Waals surface area contributed by atoms with Crippen LogP contribution in [0, 0.1) is 13.8 Å². The summed E-state index contributed by atoms with van der Waals surface area (Å²) in [5.74, 6) is 1.10. The van der Waals surface area contributed by atoms with E-state index in [1.807, 2.05) is 34.8 Å². The third-order valence-corrected chi connectivity index (χ3v) is 6.85. The van der Waals surface area contributed by atoms with Crippen molar-refractivity contribution in [1.29, 1.82) is 0 Å². The Balaban J connectivity index is 1.65. The molecule has 0 aliphatic carbocycles. The van der Waals surface area contributed by atoms with E-state index in [0.717, 1.165) is 28.7 Å². The van der Waals surface area contributed by atoms with E-state index in [0.29, 0.717) is 6.04 Å². The topological polar surface area (TPSA) is 64.1 Å². The molecule has 5 heterocycles. The summed E-state index contributed by atoms with van der Waals surface area (Å²) >= 11 is 1.87. The van der Waals surface area contributed by atoms with Crippen LogP contribution in [0.3, 0.4) is 0 Å². The van der Waals surface area contributed by atoms with Gasteiger partial charge in [-0.25, -0.2) is 4.68 Å². The molecule has 3 atom stereocenters. The van der Waals surface area contributed by atoms with Crippen LogP contribution in [0.5, 0.6) is 0 Å². The first-order valence-electron chi connectivity index (χ1n) is 9.63. The van der Waals surface area contributed by atoms with Crippen LogP contribution >= 0.6 is 11.8 Å². The lowest BCUT2D eigenvalue weighted by molar-refractivity contribution is 0.254. The van der Waals surface area contributed by atoms with Gasteiger partial charge in [-0.3, -0.25) is 14.7 Å². The molecule has 0 spiro atoms. The van der Waals surface area contributed by atoms with E-state index in [4.69, 9.17) is 4.99 Å². The normalized spacial score (nSPS) is 23.9. The van der Waals surface area contributed by atoms with Crippen molar-refractivity contribution < 1.29 is 0 Å². The van der Waals surface area contributed by atoms with Gasteiger partial charge in [-0.15, -0.1) is 10.2 Å². The Kier molecular flexibility index (Phi) is 4.23. The van der Waals surface area contributed by atoms with Gasteiger partial charge in [0.25, 0.3) is 0 Å². The quantitative estimate of drug-likeness (QED) is 0.680. The van der Waals surface area contributed by atoms with Gasteiger partial charge in [0.1, 0.15) is 18.7 Å². The van der Waals surface area contributed by atoms with Gasteiger partial charge in [0.2, 0.25) is 0 Å². The lowest BCUT2D eigenvalue weighted by Gasteiger charge is -2.31. The van der Waals surface area contributed by atoms with Crippen molar-refractivity contribution in [3.63, 3.8) is 0 Å². The number of hydrogen-bond donors (Lipinski definition) is 0. The molecule has 2 aliphatic heterocycles. The molecule has 0 unspecified atom stereocenters. The van der Waals surface area contributed by atoms with E-state index in [9.17, 15) is 0 Å². The van der Waals surface area contributed by atoms with Crippen LogP contribution in [0.1, 0.15) is 48.1 Å². The predicted octanol–water partition coefficient (Wildman–Crippen LogP) is 3.38. The van der Waals surface area contributed by atoms with Crippen molar-refractivity contribution in [3.8, 4) is 0 Å². The second-order valence-corrected chi connectivity index (χ2v) is 8.30. The molecule has 0 aromatic carbocycles. The summed E-state index contributed by atoms with van der Waals surface area (Å²) in [6.07, 6.45) is 6.44. The molecule has 7 nitrogen and oxygen atoms in total. The van der Waals surface area contributed by atoms with Crippen molar-refractivity contribution in [3.05, 3.63) is 65.8 Å². The number of aromatic nitrogens is 5. The van der Waals surface area contributed by atoms with Gasteiger partial charge in [0.15, 0.2) is 5.17 Å². The van der Waals surface area contributed by atoms with Crippen LogP contribution in [-0.2, 0) is 0 Å². The Hall–Kier alpha value is -2.61. The zero-order chi connectivity index (χ0) is 19.3. The van der Waals surface area contributed by atoms with Crippen molar-refractivity contribution in [2.24, 2.45) is 4.99 Å². The van der Waals surface area contributed by atoms with E-state index >= 15 is 0 Å². The number of rotatable bonds is 4. The van der Waals surface area contributed by atoms with Crippen LogP contribution in [0.15, 0.2) is 48.1 Å². The molecule has 1 saturated heterocycles. The number of thioether (sulfide) groups is 1. The molecule has 3 aromatic rings. The van der Waals surface area contributed by atoms with E-state index in [2.05, 4.69) is 57.7 Å². The zero-order valence-electron chi connectivity index (χ0n) is 16.2. The fraction of sp³-hybridized carbons (Fsp3) is 0.400. The lowest BCUT2D eigenvalue weighted by atomic mass is 9.95. The molecule has 0 N–H and O–H groups in total. The Morgan fingerprint density at radius 2 is 2.00 bits per heavy atom. The first-order valence-corrected chi connectivity index (χ1v) is 10.6. The second-order valence-electron chi connectivity index (χ2n) is 7.32. The zero-order valence-corrected chi connectivity index (χ0v) is 17.0. The highest BCUT2D eigenvalue weighted by Crippen LogP contribution is 2.49. The molecule has 0 radical (unpaired) electrons. The van der Waals surface area contributed by atoms with Crippen molar-refractivity contribution >= 4 is 16.9 Å². The van der Waals surface area contributed by atoms with Crippen LogP contribution in [0.25, 0.3) is 0 Å². The second kappa shape index (κ2) is 6.77. The molecule has 3 aromatic heterocycles. The third-order valence-electron chi connectivity index (χ3n) is 5.72. The minimum Gasteiger partial charge on any atom is -0.338 e. The molecule has 2 aliphatic rings. The Labute approximate surface area is 168 Å². The molecule has 1 fully saturated rings. The highest BCUT2D eigenvalue weighted by Gasteiger charge is 2.46. The average molecular weight is 394 g/mol. The van der Waals surface area contributed by atoms with Crippen molar-refractivity contribution in [2.75, 3.05) is 5.75 Å². The Morgan fingerprint density at radius 3 is 2.71 bits per heavy atom. The summed E-state index contributed by atoms with van der Waals surface area (Å²) in [4.78, 5) is 12.3. The smallest absolute Gasteiger partial charge is 0.160 e. The summed E-state index contributed by atoms with van der Waals surface area (Å²) in [5.41, 5.74) is 4.66. The van der Waals surface area contributed by atoms with Gasteiger partial charge in [-0.2, -0.15) is 0 Å². The predicted molar refractivity (Wildman–Crippen MR) is 110 cm³/mol. The fourth-order valence-electron chi connectivity index (χ4n) is 4.42. The van der Waals surface area contributed by atoms with E-state index in [1.165, 1.54) is 11.3 Å². The third kappa shape index (κ3) is 2.58. The number of pyridine rings is 1. The largest absolute Gasteiger partial charge is 0.338 e. The number of hydrogen-bond acceptors (Lipinski definition) is 6. The van der Waals surface area contributed by atoms with Crippen LogP contribution < -0.4 is 0 Å². The standard InChI is InChI=1S/C20H23N7S/c1-4-15-10-28-20-24-18(17-7-5-6-8-21-17)19(26(15)20)16-9-13(2)27(14(16)3)25-11-22-23-12-25/h5-9,11-12,15,18-19H,4,10H2,1-3H3/t15-,18-,19+/m1/s1. The van der Waals surface area contributed by atoms with Gasteiger partial charge < -0.3 is 4.90 Å². The number of amidine groups is 1. The first kappa shape index (κ1) is 17.5. The molecule has 0 bridgehead atoms. The number of nitrogens with zero attached hydrogens (tertiary/aromatic N) is 7. The van der Waals surface area contributed by atoms with Crippen molar-refractivity contribution in [2.45, 2.75) is 45.3 Å². The van der Waals surface area contributed by atoms with Gasteiger partial charge in [0.05, 0.1) is 11.7 Å². The summed E-state index contributed by atoms with van der Waals surface area (Å²) < 4.78 is 4.09. The Morgan fingerprint density at radius 1 is 1.18 bits per heavy atom. The summed E-state index contributed by atoms with van der Waals surface area (Å²) in [7, 11) is 0. The maximum atomic E-state index is 5.12. The van der Waals surface area contributed by atoms with Gasteiger partial charge in [-0.05, 0) is 38.5 Å². The van der Waals surface area contributed by atoms with Crippen molar-refractivity contribution in [1.82, 2.24) is 29.4 Å². The Bertz CT molecular complexity index is 1010. The average Bonchev–Trinajstić information content (AvgIpc) is 3.47. The molecular formula is C20H23N7S. The molecule has 0 saturated carbocycles. The maximum absolute atomic E-state index is 5.12.